The van der Waals surface area contributed by atoms with Crippen LogP contribution in [-0.2, 0) is 9.53 Å². The molecule has 0 radical (unpaired) electrons. The minimum absolute atomic E-state index is 0.228. The number of benzene rings is 1. The summed E-state index contributed by atoms with van der Waals surface area (Å²) in [6.07, 6.45) is 5.34. The third-order valence-corrected chi connectivity index (χ3v) is 3.79. The molecule has 104 valence electrons. The summed E-state index contributed by atoms with van der Waals surface area (Å²) in [7, 11) is 1.66. The van der Waals surface area contributed by atoms with E-state index in [-0.39, 0.29) is 5.78 Å². The average molecular weight is 270 g/mol. The van der Waals surface area contributed by atoms with Gasteiger partial charge in [0, 0.05) is 19.3 Å². The monoisotopic (exact) mass is 270 g/mol. The smallest absolute Gasteiger partial charge is 0.166 e. The van der Waals surface area contributed by atoms with E-state index in [0.717, 1.165) is 47.5 Å². The van der Waals surface area contributed by atoms with Gasteiger partial charge in [-0.25, -0.2) is 0 Å². The van der Waals surface area contributed by atoms with Crippen molar-refractivity contribution in [1.82, 2.24) is 0 Å². The number of methoxy groups -OCH3 is 1. The number of rotatable bonds is 2. The molecule has 0 amide bonds. The first kappa shape index (κ1) is 13.0. The molecule has 0 spiro atoms. The largest absolute Gasteiger partial charge is 0.497 e. The molecular weight excluding hydrogens is 252 g/mol. The molecule has 0 saturated heterocycles. The molecule has 3 heteroatoms. The molecule has 0 unspecified atom stereocenters. The maximum absolute atomic E-state index is 12.1. The van der Waals surface area contributed by atoms with Crippen molar-refractivity contribution in [3.8, 4) is 5.75 Å². The van der Waals surface area contributed by atoms with E-state index in [4.69, 9.17) is 9.47 Å². The summed E-state index contributed by atoms with van der Waals surface area (Å²) in [5.41, 5.74) is 3.03. The van der Waals surface area contributed by atoms with Crippen LogP contribution in [0.25, 0.3) is 6.08 Å². The number of hydrogen-bond acceptors (Lipinski definition) is 3. The molecule has 1 aromatic rings. The number of allylic oxidation sites excluding steroid dienone is 2. The van der Waals surface area contributed by atoms with Crippen LogP contribution in [0.5, 0.6) is 5.75 Å². The molecule has 1 aliphatic heterocycles. The van der Waals surface area contributed by atoms with Gasteiger partial charge in [0.1, 0.15) is 11.5 Å². The van der Waals surface area contributed by atoms with Gasteiger partial charge in [0.15, 0.2) is 5.78 Å². The molecule has 1 heterocycles. The normalized spacial score (nSPS) is 20.6. The second kappa shape index (κ2) is 5.53. The lowest BCUT2D eigenvalue weighted by atomic mass is 9.87. The van der Waals surface area contributed by atoms with Gasteiger partial charge in [0.2, 0.25) is 0 Å². The molecule has 1 aromatic carbocycles. The molecule has 3 rings (SSSR count). The maximum atomic E-state index is 12.1. The van der Waals surface area contributed by atoms with Gasteiger partial charge in [-0.2, -0.15) is 0 Å². The van der Waals surface area contributed by atoms with Crippen LogP contribution < -0.4 is 4.74 Å². The minimum atomic E-state index is 0.228. The van der Waals surface area contributed by atoms with Gasteiger partial charge in [-0.3, -0.25) is 4.79 Å². The number of ether oxygens (including phenoxy) is 2. The van der Waals surface area contributed by atoms with E-state index in [1.807, 2.05) is 24.3 Å². The average Bonchev–Trinajstić information content (AvgIpc) is 2.48. The van der Waals surface area contributed by atoms with Gasteiger partial charge < -0.3 is 9.47 Å². The Bertz CT molecular complexity index is 575. The first-order valence-corrected chi connectivity index (χ1v) is 7.02. The van der Waals surface area contributed by atoms with Crippen LogP contribution >= 0.6 is 0 Å². The molecule has 0 bridgehead atoms. The maximum Gasteiger partial charge on any atom is 0.166 e. The second-order valence-corrected chi connectivity index (χ2v) is 5.12. The van der Waals surface area contributed by atoms with Crippen molar-refractivity contribution < 1.29 is 14.3 Å². The first-order chi connectivity index (χ1) is 9.78. The van der Waals surface area contributed by atoms with Crippen molar-refractivity contribution in [3.63, 3.8) is 0 Å². The lowest BCUT2D eigenvalue weighted by Crippen LogP contribution is -2.20. The Hall–Kier alpha value is -2.03. The van der Waals surface area contributed by atoms with Crippen molar-refractivity contribution in [2.24, 2.45) is 0 Å². The van der Waals surface area contributed by atoms with Gasteiger partial charge in [-0.15, -0.1) is 0 Å². The fourth-order valence-corrected chi connectivity index (χ4v) is 2.77. The predicted molar refractivity (Wildman–Crippen MR) is 77.4 cm³/mol. The Balaban J connectivity index is 1.94. The van der Waals surface area contributed by atoms with Crippen LogP contribution in [0.2, 0.25) is 0 Å². The van der Waals surface area contributed by atoms with Gasteiger partial charge in [-0.05, 0) is 29.7 Å². The Morgan fingerprint density at radius 3 is 2.70 bits per heavy atom. The molecule has 0 N–H and O–H groups in total. The van der Waals surface area contributed by atoms with Crippen molar-refractivity contribution in [2.45, 2.75) is 25.7 Å². The highest BCUT2D eigenvalue weighted by Gasteiger charge is 2.27. The number of Topliss-reactive ketones (excluding diaryl/α,β-unsaturated/α-hetero) is 1. The van der Waals surface area contributed by atoms with Crippen LogP contribution in [0.3, 0.4) is 0 Å². The van der Waals surface area contributed by atoms with Crippen LogP contribution in [0.1, 0.15) is 31.2 Å². The molecular formula is C17H18O3. The van der Waals surface area contributed by atoms with Crippen molar-refractivity contribution in [1.29, 1.82) is 0 Å². The Labute approximate surface area is 118 Å². The lowest BCUT2D eigenvalue weighted by molar-refractivity contribution is -0.116. The summed E-state index contributed by atoms with van der Waals surface area (Å²) >= 11 is 0. The quantitative estimate of drug-likeness (QED) is 0.825. The molecule has 1 aliphatic carbocycles. The topological polar surface area (TPSA) is 35.5 Å². The van der Waals surface area contributed by atoms with E-state index >= 15 is 0 Å². The van der Waals surface area contributed by atoms with Gasteiger partial charge in [0.25, 0.3) is 0 Å². The van der Waals surface area contributed by atoms with E-state index < -0.39 is 0 Å². The molecule has 0 atom stereocenters. The van der Waals surface area contributed by atoms with E-state index in [0.29, 0.717) is 13.0 Å². The van der Waals surface area contributed by atoms with E-state index in [1.165, 1.54) is 0 Å². The number of carbonyl (C=O) groups is 1. The van der Waals surface area contributed by atoms with Crippen molar-refractivity contribution in [3.05, 3.63) is 46.7 Å². The van der Waals surface area contributed by atoms with E-state index in [2.05, 4.69) is 6.08 Å². The van der Waals surface area contributed by atoms with Crippen LogP contribution in [-0.4, -0.2) is 19.5 Å². The highest BCUT2D eigenvalue weighted by Crippen LogP contribution is 2.34. The zero-order chi connectivity index (χ0) is 13.9. The van der Waals surface area contributed by atoms with E-state index in [1.54, 1.807) is 7.11 Å². The van der Waals surface area contributed by atoms with Gasteiger partial charge in [0.05, 0.1) is 19.3 Å². The second-order valence-electron chi connectivity index (χ2n) is 5.12. The Morgan fingerprint density at radius 2 is 1.95 bits per heavy atom. The Morgan fingerprint density at radius 1 is 1.15 bits per heavy atom. The summed E-state index contributed by atoms with van der Waals surface area (Å²) in [5.74, 6) is 1.96. The third-order valence-electron chi connectivity index (χ3n) is 3.79. The van der Waals surface area contributed by atoms with Gasteiger partial charge >= 0.3 is 0 Å². The molecule has 3 nitrogen and oxygen atoms in total. The highest BCUT2D eigenvalue weighted by atomic mass is 16.5. The number of hydrogen-bond donors (Lipinski definition) is 0. The number of ketones is 1. The Kier molecular flexibility index (Phi) is 3.59. The van der Waals surface area contributed by atoms with Crippen LogP contribution in [0.15, 0.2) is 41.2 Å². The standard InChI is InChI=1S/C17H18O3/c1-19-14-7-5-12(6-8-14)11-13-9-10-20-16-4-2-3-15(18)17(13)16/h5-8,11H,2-4,9-10H2,1H3/b13-11+. The fourth-order valence-electron chi connectivity index (χ4n) is 2.77. The summed E-state index contributed by atoms with van der Waals surface area (Å²) in [6.45, 7) is 0.675. The summed E-state index contributed by atoms with van der Waals surface area (Å²) in [4.78, 5) is 12.1. The van der Waals surface area contributed by atoms with E-state index in [9.17, 15) is 4.79 Å². The highest BCUT2D eigenvalue weighted by molar-refractivity contribution is 6.02. The molecule has 20 heavy (non-hydrogen) atoms. The molecule has 2 aliphatic rings. The van der Waals surface area contributed by atoms with Crippen LogP contribution in [0.4, 0.5) is 0 Å². The fraction of sp³-hybridized carbons (Fsp3) is 0.353. The SMILES string of the molecule is COc1ccc(/C=C2\CCOC3=C2C(=O)CCC3)cc1. The zero-order valence-corrected chi connectivity index (χ0v) is 11.6. The molecule has 0 fully saturated rings. The summed E-state index contributed by atoms with van der Waals surface area (Å²) < 4.78 is 10.8. The lowest BCUT2D eigenvalue weighted by Gasteiger charge is -2.26. The number of carbonyl (C=O) groups excluding carboxylic acids is 1. The van der Waals surface area contributed by atoms with Gasteiger partial charge in [-0.1, -0.05) is 18.2 Å². The first-order valence-electron chi connectivity index (χ1n) is 7.02. The minimum Gasteiger partial charge on any atom is -0.497 e. The summed E-state index contributed by atoms with van der Waals surface area (Å²) in [5, 5.41) is 0. The van der Waals surface area contributed by atoms with Crippen LogP contribution in [0, 0.1) is 0 Å². The van der Waals surface area contributed by atoms with Crippen molar-refractivity contribution in [2.75, 3.05) is 13.7 Å². The van der Waals surface area contributed by atoms with Crippen molar-refractivity contribution >= 4 is 11.9 Å². The predicted octanol–water partition coefficient (Wildman–Crippen LogP) is 3.51. The summed E-state index contributed by atoms with van der Waals surface area (Å²) in [6, 6.07) is 7.89. The third kappa shape index (κ3) is 2.48. The molecule has 0 aromatic heterocycles. The molecule has 0 saturated carbocycles. The zero-order valence-electron chi connectivity index (χ0n) is 11.6.